The number of rotatable bonds is 3. The van der Waals surface area contributed by atoms with Gasteiger partial charge in [-0.15, -0.1) is 0 Å². The zero-order valence-electron chi connectivity index (χ0n) is 15.0. The second-order valence-electron chi connectivity index (χ2n) is 7.43. The van der Waals surface area contributed by atoms with Crippen LogP contribution >= 0.6 is 0 Å². The molecule has 5 rings (SSSR count). The molecule has 0 radical (unpaired) electrons. The van der Waals surface area contributed by atoms with Gasteiger partial charge in [0.05, 0.1) is 35.8 Å². The Hall–Kier alpha value is -2.99. The van der Waals surface area contributed by atoms with Crippen molar-refractivity contribution in [3.8, 4) is 22.7 Å². The minimum Gasteiger partial charge on any atom is -0.507 e. The van der Waals surface area contributed by atoms with Gasteiger partial charge in [-0.3, -0.25) is 9.97 Å². The topological polar surface area (TPSA) is 75.9 Å². The van der Waals surface area contributed by atoms with Crippen LogP contribution in [-0.2, 0) is 0 Å². The van der Waals surface area contributed by atoms with Crippen LogP contribution in [0.2, 0.25) is 0 Å². The molecule has 1 aromatic carbocycles. The van der Waals surface area contributed by atoms with Gasteiger partial charge in [-0.2, -0.15) is 0 Å². The molecule has 0 bridgehead atoms. The van der Waals surface area contributed by atoms with Gasteiger partial charge in [0.25, 0.3) is 0 Å². The molecule has 2 aliphatic rings. The van der Waals surface area contributed by atoms with Crippen molar-refractivity contribution >= 4 is 6.08 Å². The number of aromatic nitrogens is 4. The van der Waals surface area contributed by atoms with E-state index in [4.69, 9.17) is 0 Å². The first-order chi connectivity index (χ1) is 13.2. The summed E-state index contributed by atoms with van der Waals surface area (Å²) in [4.78, 5) is 13.1. The maximum atomic E-state index is 10.4. The first-order valence-electron chi connectivity index (χ1n) is 9.29. The predicted octanol–water partition coefficient (Wildman–Crippen LogP) is 3.33. The predicted molar refractivity (Wildman–Crippen MR) is 103 cm³/mol. The molecule has 0 amide bonds. The van der Waals surface area contributed by atoms with E-state index in [1.165, 1.54) is 18.4 Å². The van der Waals surface area contributed by atoms with E-state index in [2.05, 4.69) is 26.3 Å². The number of imidazole rings is 1. The Bertz CT molecular complexity index is 988. The van der Waals surface area contributed by atoms with Crippen LogP contribution in [0.3, 0.4) is 0 Å². The zero-order chi connectivity index (χ0) is 18.3. The molecule has 0 atom stereocenters. The molecule has 1 saturated carbocycles. The molecular weight excluding hydrogens is 338 g/mol. The quantitative estimate of drug-likeness (QED) is 0.750. The molecule has 3 aromatic rings. The highest BCUT2D eigenvalue weighted by Crippen LogP contribution is 2.44. The smallest absolute Gasteiger partial charge is 0.127 e. The van der Waals surface area contributed by atoms with E-state index in [9.17, 15) is 5.11 Å². The zero-order valence-corrected chi connectivity index (χ0v) is 15.0. The summed E-state index contributed by atoms with van der Waals surface area (Å²) in [6.07, 6.45) is 15.7. The van der Waals surface area contributed by atoms with Gasteiger partial charge in [0, 0.05) is 29.6 Å². The lowest BCUT2D eigenvalue weighted by molar-refractivity contribution is 0.449. The molecule has 1 saturated heterocycles. The van der Waals surface area contributed by atoms with Crippen LogP contribution in [0.25, 0.3) is 23.0 Å². The number of phenols is 1. The molecule has 1 aliphatic carbocycles. The third-order valence-electron chi connectivity index (χ3n) is 5.45. The minimum absolute atomic E-state index is 0.177. The van der Waals surface area contributed by atoms with E-state index in [0.717, 1.165) is 30.8 Å². The molecule has 6 nitrogen and oxygen atoms in total. The number of hydrogen-bond donors (Lipinski definition) is 2. The molecule has 1 spiro atoms. The number of piperidine rings is 1. The Labute approximate surface area is 157 Å². The van der Waals surface area contributed by atoms with Gasteiger partial charge in [0.15, 0.2) is 0 Å². The summed E-state index contributed by atoms with van der Waals surface area (Å²) in [5.74, 6) is 0.177. The third kappa shape index (κ3) is 3.24. The number of benzene rings is 1. The van der Waals surface area contributed by atoms with Gasteiger partial charge < -0.3 is 15.0 Å². The van der Waals surface area contributed by atoms with E-state index >= 15 is 0 Å². The van der Waals surface area contributed by atoms with Gasteiger partial charge >= 0.3 is 0 Å². The molecule has 136 valence electrons. The third-order valence-corrected chi connectivity index (χ3v) is 5.45. The lowest BCUT2D eigenvalue weighted by Crippen LogP contribution is -2.36. The van der Waals surface area contributed by atoms with Gasteiger partial charge in [0.2, 0.25) is 0 Å². The van der Waals surface area contributed by atoms with Gasteiger partial charge in [0.1, 0.15) is 5.75 Å². The van der Waals surface area contributed by atoms with E-state index in [-0.39, 0.29) is 5.75 Å². The Morgan fingerprint density at radius 1 is 1.19 bits per heavy atom. The Balaban J connectivity index is 1.37. The fourth-order valence-corrected chi connectivity index (χ4v) is 3.77. The van der Waals surface area contributed by atoms with Crippen molar-refractivity contribution in [2.45, 2.75) is 31.2 Å². The van der Waals surface area contributed by atoms with Gasteiger partial charge in [-0.05, 0) is 50.4 Å². The van der Waals surface area contributed by atoms with Gasteiger partial charge in [-0.25, -0.2) is 4.98 Å². The average molecular weight is 359 g/mol. The fraction of sp³-hybridized carbons (Fsp3) is 0.286. The molecule has 0 unspecified atom stereocenters. The van der Waals surface area contributed by atoms with Crippen LogP contribution < -0.4 is 5.32 Å². The number of nitrogens with zero attached hydrogens (tertiary/aromatic N) is 4. The molecule has 6 heteroatoms. The first kappa shape index (κ1) is 16.2. The molecule has 2 aromatic heterocycles. The Kier molecular flexibility index (Phi) is 3.79. The maximum absolute atomic E-state index is 10.4. The number of nitrogens with one attached hydrogen (secondary N) is 1. The highest BCUT2D eigenvalue weighted by molar-refractivity contribution is 5.68. The second kappa shape index (κ2) is 6.32. The van der Waals surface area contributed by atoms with E-state index in [0.29, 0.717) is 16.8 Å². The summed E-state index contributed by atoms with van der Waals surface area (Å²) in [7, 11) is 0. The Morgan fingerprint density at radius 2 is 2.11 bits per heavy atom. The molecule has 3 heterocycles. The summed E-state index contributed by atoms with van der Waals surface area (Å²) in [6.45, 7) is 1.05. The van der Waals surface area contributed by atoms with Gasteiger partial charge in [-0.1, -0.05) is 5.57 Å². The van der Waals surface area contributed by atoms with Crippen molar-refractivity contribution in [2.24, 2.45) is 0 Å². The van der Waals surface area contributed by atoms with Crippen molar-refractivity contribution in [3.63, 3.8) is 0 Å². The van der Waals surface area contributed by atoms with Crippen LogP contribution in [0.5, 0.6) is 5.75 Å². The number of phenolic OH excluding ortho intramolecular Hbond substituents is 1. The van der Waals surface area contributed by atoms with Crippen LogP contribution in [-0.4, -0.2) is 36.7 Å². The lowest BCUT2D eigenvalue weighted by Gasteiger charge is -2.25. The monoisotopic (exact) mass is 359 g/mol. The SMILES string of the molecule is Oc1cc(-n2ccnc2)ccc1-c1cnc(/C=C2/CCNC3(CC3)C2)cn1. The number of hydrogen-bond acceptors (Lipinski definition) is 5. The summed E-state index contributed by atoms with van der Waals surface area (Å²) < 4.78 is 1.84. The van der Waals surface area contributed by atoms with Crippen molar-refractivity contribution in [3.05, 3.63) is 60.6 Å². The summed E-state index contributed by atoms with van der Waals surface area (Å²) >= 11 is 0. The molecule has 1 aliphatic heterocycles. The average Bonchev–Trinajstić information content (AvgIpc) is 3.20. The first-order valence-corrected chi connectivity index (χ1v) is 9.29. The lowest BCUT2D eigenvalue weighted by atomic mass is 9.96. The minimum atomic E-state index is 0.177. The van der Waals surface area contributed by atoms with Crippen molar-refractivity contribution in [1.82, 2.24) is 24.8 Å². The highest BCUT2D eigenvalue weighted by atomic mass is 16.3. The molecule has 27 heavy (non-hydrogen) atoms. The Morgan fingerprint density at radius 3 is 2.81 bits per heavy atom. The highest BCUT2D eigenvalue weighted by Gasteiger charge is 2.44. The van der Waals surface area contributed by atoms with Crippen molar-refractivity contribution in [1.29, 1.82) is 0 Å². The van der Waals surface area contributed by atoms with E-state index < -0.39 is 0 Å². The number of aromatic hydroxyl groups is 1. The summed E-state index contributed by atoms with van der Waals surface area (Å²) in [6, 6.07) is 5.49. The van der Waals surface area contributed by atoms with Crippen molar-refractivity contribution in [2.75, 3.05) is 6.54 Å². The van der Waals surface area contributed by atoms with Crippen molar-refractivity contribution < 1.29 is 5.11 Å². The maximum Gasteiger partial charge on any atom is 0.127 e. The van der Waals surface area contributed by atoms with Crippen LogP contribution in [0.4, 0.5) is 0 Å². The standard InChI is InChI=1S/C21H21N5O/c27-20-10-17(26-8-7-22-14-26)1-2-18(20)19-13-23-16(12-24-19)9-15-3-6-25-21(11-15)4-5-21/h1-2,7-10,12-14,25,27H,3-6,11H2/b15-9-. The molecule has 2 N–H and O–H groups in total. The molecular formula is C21H21N5O. The fourth-order valence-electron chi connectivity index (χ4n) is 3.77. The largest absolute Gasteiger partial charge is 0.507 e. The normalized spacial score (nSPS) is 19.5. The van der Waals surface area contributed by atoms with Crippen LogP contribution in [0, 0.1) is 0 Å². The van der Waals surface area contributed by atoms with E-state index in [1.807, 2.05) is 22.9 Å². The van der Waals surface area contributed by atoms with Crippen LogP contribution in [0.1, 0.15) is 31.4 Å². The second-order valence-corrected chi connectivity index (χ2v) is 7.43. The summed E-state index contributed by atoms with van der Waals surface area (Å²) in [5, 5.41) is 14.0. The summed E-state index contributed by atoms with van der Waals surface area (Å²) in [5.41, 5.74) is 4.88. The van der Waals surface area contributed by atoms with Crippen LogP contribution in [0.15, 0.2) is 54.9 Å². The molecule has 2 fully saturated rings. The van der Waals surface area contributed by atoms with E-state index in [1.54, 1.807) is 31.0 Å².